The predicted octanol–water partition coefficient (Wildman–Crippen LogP) is 1.18. The maximum absolute atomic E-state index is 8.95. The number of likely N-dealkylation sites (tertiary alicyclic amines) is 1. The fraction of sp³-hybridized carbons (Fsp3) is 0.750. The third-order valence-corrected chi connectivity index (χ3v) is 3.51. The first-order valence-corrected chi connectivity index (χ1v) is 6.18. The summed E-state index contributed by atoms with van der Waals surface area (Å²) >= 11 is 0. The van der Waals surface area contributed by atoms with Crippen LogP contribution in [0.25, 0.3) is 0 Å². The molecule has 0 spiro atoms. The van der Waals surface area contributed by atoms with Gasteiger partial charge < -0.3 is 10.0 Å². The Balaban J connectivity index is 1.82. The summed E-state index contributed by atoms with van der Waals surface area (Å²) in [5, 5.41) is 16.0. The van der Waals surface area contributed by atoms with Crippen LogP contribution in [-0.2, 0) is 13.0 Å². The van der Waals surface area contributed by atoms with Crippen molar-refractivity contribution in [2.75, 3.05) is 19.6 Å². The lowest BCUT2D eigenvalue weighted by Crippen LogP contribution is -2.34. The van der Waals surface area contributed by atoms with Crippen LogP contribution in [0.3, 0.4) is 0 Å². The Bertz CT molecular complexity index is 316. The Morgan fingerprint density at radius 2 is 2.25 bits per heavy atom. The number of piperidine rings is 1. The molecule has 2 heterocycles. The van der Waals surface area contributed by atoms with Gasteiger partial charge in [0.1, 0.15) is 0 Å². The van der Waals surface area contributed by atoms with Crippen LogP contribution >= 0.6 is 0 Å². The number of hydrogen-bond donors (Lipinski definition) is 2. The summed E-state index contributed by atoms with van der Waals surface area (Å²) in [4.78, 5) is 2.50. The number of rotatable bonds is 4. The molecule has 1 fully saturated rings. The largest absolute Gasteiger partial charge is 0.390 e. The van der Waals surface area contributed by atoms with E-state index in [4.69, 9.17) is 5.11 Å². The lowest BCUT2D eigenvalue weighted by atomic mass is 9.92. The fourth-order valence-electron chi connectivity index (χ4n) is 2.40. The maximum Gasteiger partial charge on any atom is 0.0847 e. The quantitative estimate of drug-likeness (QED) is 0.806. The standard InChI is InChI=1S/C12H21N3O/c1-2-15-5-3-10(4-6-15)7-11-8-12(9-16)14-13-11/h8,10,16H,2-7,9H2,1H3,(H,13,14). The molecule has 0 bridgehead atoms. The van der Waals surface area contributed by atoms with E-state index in [1.165, 1.54) is 32.5 Å². The Labute approximate surface area is 96.7 Å². The van der Waals surface area contributed by atoms with E-state index in [0.29, 0.717) is 0 Å². The van der Waals surface area contributed by atoms with Crippen molar-refractivity contribution in [3.8, 4) is 0 Å². The zero-order chi connectivity index (χ0) is 11.4. The summed E-state index contributed by atoms with van der Waals surface area (Å²) < 4.78 is 0. The normalized spacial score (nSPS) is 19.1. The zero-order valence-corrected chi connectivity index (χ0v) is 9.95. The van der Waals surface area contributed by atoms with Gasteiger partial charge in [-0.3, -0.25) is 5.10 Å². The van der Waals surface area contributed by atoms with Gasteiger partial charge in [-0.2, -0.15) is 5.10 Å². The summed E-state index contributed by atoms with van der Waals surface area (Å²) in [5.41, 5.74) is 1.92. The van der Waals surface area contributed by atoms with Crippen molar-refractivity contribution < 1.29 is 5.11 Å². The zero-order valence-electron chi connectivity index (χ0n) is 9.95. The summed E-state index contributed by atoms with van der Waals surface area (Å²) in [5.74, 6) is 0.762. The van der Waals surface area contributed by atoms with Crippen LogP contribution in [0, 0.1) is 5.92 Å². The molecule has 0 atom stereocenters. The van der Waals surface area contributed by atoms with Crippen LogP contribution in [0.5, 0.6) is 0 Å². The number of aliphatic hydroxyl groups excluding tert-OH is 1. The van der Waals surface area contributed by atoms with Crippen molar-refractivity contribution in [1.82, 2.24) is 15.1 Å². The number of nitrogens with zero attached hydrogens (tertiary/aromatic N) is 2. The SMILES string of the molecule is CCN1CCC(Cc2cc(CO)[nH]n2)CC1. The van der Waals surface area contributed by atoms with E-state index in [1.807, 2.05) is 6.07 Å². The van der Waals surface area contributed by atoms with Gasteiger partial charge in [-0.15, -0.1) is 0 Å². The topological polar surface area (TPSA) is 52.1 Å². The van der Waals surface area contributed by atoms with Crippen LogP contribution in [0.4, 0.5) is 0 Å². The molecule has 4 nitrogen and oxygen atoms in total. The van der Waals surface area contributed by atoms with E-state index in [-0.39, 0.29) is 6.61 Å². The molecule has 90 valence electrons. The van der Waals surface area contributed by atoms with Gasteiger partial charge in [-0.25, -0.2) is 0 Å². The van der Waals surface area contributed by atoms with E-state index in [9.17, 15) is 0 Å². The summed E-state index contributed by atoms with van der Waals surface area (Å²) in [6.45, 7) is 5.89. The average Bonchev–Trinajstić information content (AvgIpc) is 2.78. The van der Waals surface area contributed by atoms with Gasteiger partial charge in [0, 0.05) is 0 Å². The van der Waals surface area contributed by atoms with Gasteiger partial charge in [0.15, 0.2) is 0 Å². The van der Waals surface area contributed by atoms with Crippen molar-refractivity contribution >= 4 is 0 Å². The molecule has 1 saturated heterocycles. The lowest BCUT2D eigenvalue weighted by Gasteiger charge is -2.30. The Kier molecular flexibility index (Phi) is 3.96. The van der Waals surface area contributed by atoms with Gasteiger partial charge in [0.05, 0.1) is 18.0 Å². The highest BCUT2D eigenvalue weighted by molar-refractivity contribution is 5.08. The first-order valence-electron chi connectivity index (χ1n) is 6.18. The first-order chi connectivity index (χ1) is 7.81. The third kappa shape index (κ3) is 2.83. The predicted molar refractivity (Wildman–Crippen MR) is 63.1 cm³/mol. The fourth-order valence-corrected chi connectivity index (χ4v) is 2.40. The second-order valence-electron chi connectivity index (χ2n) is 4.62. The Morgan fingerprint density at radius 3 is 2.81 bits per heavy atom. The number of hydrogen-bond acceptors (Lipinski definition) is 3. The molecule has 4 heteroatoms. The van der Waals surface area contributed by atoms with E-state index in [0.717, 1.165) is 23.7 Å². The van der Waals surface area contributed by atoms with Gasteiger partial charge >= 0.3 is 0 Å². The van der Waals surface area contributed by atoms with Crippen LogP contribution in [-0.4, -0.2) is 39.8 Å². The number of H-pyrrole nitrogens is 1. The molecule has 1 aromatic heterocycles. The van der Waals surface area contributed by atoms with E-state index in [2.05, 4.69) is 22.0 Å². The molecule has 0 aliphatic carbocycles. The summed E-state index contributed by atoms with van der Waals surface area (Å²) in [6, 6.07) is 1.98. The summed E-state index contributed by atoms with van der Waals surface area (Å²) in [6.07, 6.45) is 3.60. The van der Waals surface area contributed by atoms with E-state index >= 15 is 0 Å². The van der Waals surface area contributed by atoms with Crippen LogP contribution < -0.4 is 0 Å². The van der Waals surface area contributed by atoms with Crippen LogP contribution in [0.1, 0.15) is 31.2 Å². The molecule has 0 radical (unpaired) electrons. The molecule has 0 aromatic carbocycles. The number of aromatic amines is 1. The lowest BCUT2D eigenvalue weighted by molar-refractivity contribution is 0.191. The van der Waals surface area contributed by atoms with Gasteiger partial charge in [0.25, 0.3) is 0 Å². The third-order valence-electron chi connectivity index (χ3n) is 3.51. The molecular formula is C12H21N3O. The smallest absolute Gasteiger partial charge is 0.0847 e. The van der Waals surface area contributed by atoms with Crippen molar-refractivity contribution in [3.63, 3.8) is 0 Å². The van der Waals surface area contributed by atoms with Crippen molar-refractivity contribution in [1.29, 1.82) is 0 Å². The highest BCUT2D eigenvalue weighted by atomic mass is 16.3. The number of aromatic nitrogens is 2. The molecule has 1 aliphatic rings. The monoisotopic (exact) mass is 223 g/mol. The van der Waals surface area contributed by atoms with E-state index in [1.54, 1.807) is 0 Å². The number of aliphatic hydroxyl groups is 1. The second kappa shape index (κ2) is 5.46. The Morgan fingerprint density at radius 1 is 1.50 bits per heavy atom. The highest BCUT2D eigenvalue weighted by Crippen LogP contribution is 2.20. The molecule has 0 saturated carbocycles. The first kappa shape index (κ1) is 11.6. The second-order valence-corrected chi connectivity index (χ2v) is 4.62. The molecule has 2 rings (SSSR count). The highest BCUT2D eigenvalue weighted by Gasteiger charge is 2.19. The molecular weight excluding hydrogens is 202 g/mol. The minimum Gasteiger partial charge on any atom is -0.390 e. The molecule has 1 aliphatic heterocycles. The molecule has 16 heavy (non-hydrogen) atoms. The van der Waals surface area contributed by atoms with E-state index < -0.39 is 0 Å². The molecule has 0 unspecified atom stereocenters. The minimum atomic E-state index is 0.0568. The molecule has 2 N–H and O–H groups in total. The van der Waals surface area contributed by atoms with Crippen LogP contribution in [0.15, 0.2) is 6.07 Å². The Hall–Kier alpha value is -0.870. The molecule has 1 aromatic rings. The maximum atomic E-state index is 8.95. The van der Waals surface area contributed by atoms with Crippen molar-refractivity contribution in [2.45, 2.75) is 32.8 Å². The average molecular weight is 223 g/mol. The minimum absolute atomic E-state index is 0.0568. The van der Waals surface area contributed by atoms with Gasteiger partial charge in [-0.05, 0) is 50.9 Å². The summed E-state index contributed by atoms with van der Waals surface area (Å²) in [7, 11) is 0. The van der Waals surface area contributed by atoms with Crippen molar-refractivity contribution in [2.24, 2.45) is 5.92 Å². The molecule has 0 amide bonds. The van der Waals surface area contributed by atoms with Crippen molar-refractivity contribution in [3.05, 3.63) is 17.5 Å². The van der Waals surface area contributed by atoms with Crippen LogP contribution in [0.2, 0.25) is 0 Å². The van der Waals surface area contributed by atoms with Gasteiger partial charge in [0.2, 0.25) is 0 Å². The number of nitrogens with one attached hydrogen (secondary N) is 1. The van der Waals surface area contributed by atoms with Gasteiger partial charge in [-0.1, -0.05) is 6.92 Å².